The van der Waals surface area contributed by atoms with Crippen LogP contribution in [0.4, 0.5) is 5.82 Å². The molecule has 2 atom stereocenters. The van der Waals surface area contributed by atoms with Crippen molar-refractivity contribution in [3.05, 3.63) is 23.6 Å². The molecule has 0 radical (unpaired) electrons. The monoisotopic (exact) mass is 349 g/mol. The Bertz CT molecular complexity index is 673. The molecule has 2 unspecified atom stereocenters. The van der Waals surface area contributed by atoms with Crippen molar-refractivity contribution in [2.24, 2.45) is 5.92 Å². The highest BCUT2D eigenvalue weighted by Gasteiger charge is 2.30. The van der Waals surface area contributed by atoms with E-state index < -0.39 is 0 Å². The van der Waals surface area contributed by atoms with Crippen molar-refractivity contribution in [1.29, 1.82) is 0 Å². The Morgan fingerprint density at radius 2 is 2.21 bits per heavy atom. The van der Waals surface area contributed by atoms with Crippen LogP contribution in [0.25, 0.3) is 10.6 Å². The minimum absolute atomic E-state index is 0.00572. The maximum absolute atomic E-state index is 12.6. The van der Waals surface area contributed by atoms with Gasteiger partial charge in [0.05, 0.1) is 30.2 Å². The number of aliphatic hydroxyl groups excluding tert-OH is 1. The van der Waals surface area contributed by atoms with Crippen molar-refractivity contribution < 1.29 is 14.6 Å². The number of rotatable bonds is 5. The number of hydrogen-bond acceptors (Lipinski definition) is 5. The molecule has 2 aromatic heterocycles. The van der Waals surface area contributed by atoms with Gasteiger partial charge >= 0.3 is 0 Å². The normalized spacial score (nSPS) is 24.0. The summed E-state index contributed by atoms with van der Waals surface area (Å²) < 4.78 is 7.35. The van der Waals surface area contributed by atoms with Crippen molar-refractivity contribution in [3.63, 3.8) is 0 Å². The number of aliphatic hydroxyl groups is 1. The van der Waals surface area contributed by atoms with E-state index in [4.69, 9.17) is 4.74 Å². The second-order valence-electron chi connectivity index (χ2n) is 6.25. The molecule has 24 heavy (non-hydrogen) atoms. The third-order valence-corrected chi connectivity index (χ3v) is 5.08. The molecule has 1 fully saturated rings. The summed E-state index contributed by atoms with van der Waals surface area (Å²) in [5.74, 6) is 0.560. The van der Waals surface area contributed by atoms with Crippen LogP contribution in [-0.4, -0.2) is 39.6 Å². The van der Waals surface area contributed by atoms with Crippen LogP contribution in [0.3, 0.4) is 0 Å². The number of aromatic nitrogens is 2. The fourth-order valence-corrected chi connectivity index (χ4v) is 3.86. The maximum Gasteiger partial charge on any atom is 0.228 e. The predicted molar refractivity (Wildman–Crippen MR) is 94.0 cm³/mol. The zero-order valence-electron chi connectivity index (χ0n) is 13.9. The Hall–Kier alpha value is -1.70. The highest BCUT2D eigenvalue weighted by atomic mass is 32.1. The molecule has 1 amide bonds. The van der Waals surface area contributed by atoms with Crippen LogP contribution in [0, 0.1) is 5.92 Å². The third kappa shape index (κ3) is 3.85. The smallest absolute Gasteiger partial charge is 0.228 e. The third-order valence-electron chi connectivity index (χ3n) is 4.18. The fourth-order valence-electron chi connectivity index (χ4n) is 3.17. The van der Waals surface area contributed by atoms with Gasteiger partial charge in [0, 0.05) is 12.0 Å². The average Bonchev–Trinajstić information content (AvgIpc) is 3.17. The molecule has 2 N–H and O–H groups in total. The van der Waals surface area contributed by atoms with Crippen LogP contribution >= 0.6 is 11.3 Å². The summed E-state index contributed by atoms with van der Waals surface area (Å²) >= 11 is 1.60. The van der Waals surface area contributed by atoms with E-state index in [-0.39, 0.29) is 30.6 Å². The van der Waals surface area contributed by atoms with Gasteiger partial charge in [-0.05, 0) is 38.1 Å². The van der Waals surface area contributed by atoms with Crippen LogP contribution in [-0.2, 0) is 16.1 Å². The van der Waals surface area contributed by atoms with Crippen LogP contribution in [0.2, 0.25) is 0 Å². The number of nitrogens with one attached hydrogen (secondary N) is 1. The number of hydrogen-bond donors (Lipinski definition) is 2. The molecule has 1 saturated heterocycles. The fraction of sp³-hybridized carbons (Fsp3) is 0.529. The average molecular weight is 349 g/mol. The SMILES string of the molecule is CC1CC(C(=O)Nc2cc(-c3cccs3)nn2CCO)CC(C)O1. The molecule has 1 aliphatic rings. The number of anilines is 1. The first-order valence-electron chi connectivity index (χ1n) is 8.25. The van der Waals surface area contributed by atoms with Gasteiger partial charge < -0.3 is 15.2 Å². The zero-order chi connectivity index (χ0) is 17.1. The minimum Gasteiger partial charge on any atom is -0.394 e. The Morgan fingerprint density at radius 3 is 2.83 bits per heavy atom. The van der Waals surface area contributed by atoms with Crippen LogP contribution in [0.5, 0.6) is 0 Å². The van der Waals surface area contributed by atoms with Crippen molar-refractivity contribution in [2.75, 3.05) is 11.9 Å². The first-order valence-corrected chi connectivity index (χ1v) is 9.13. The first kappa shape index (κ1) is 17.1. The van der Waals surface area contributed by atoms with E-state index in [1.807, 2.05) is 37.4 Å². The Morgan fingerprint density at radius 1 is 1.46 bits per heavy atom. The van der Waals surface area contributed by atoms with Gasteiger partial charge in [0.15, 0.2) is 0 Å². The number of ether oxygens (including phenoxy) is 1. The molecule has 7 heteroatoms. The summed E-state index contributed by atoms with van der Waals surface area (Å²) in [6, 6.07) is 5.82. The number of thiophene rings is 1. The Labute approximate surface area is 145 Å². The minimum atomic E-state index is -0.0635. The summed E-state index contributed by atoms with van der Waals surface area (Å²) in [6.07, 6.45) is 1.63. The Kier molecular flexibility index (Phi) is 5.33. The number of carbonyl (C=O) groups is 1. The summed E-state index contributed by atoms with van der Waals surface area (Å²) in [5, 5.41) is 18.7. The molecule has 2 aromatic rings. The van der Waals surface area contributed by atoms with Crippen molar-refractivity contribution in [2.45, 2.75) is 45.4 Å². The second-order valence-corrected chi connectivity index (χ2v) is 7.20. The summed E-state index contributed by atoms with van der Waals surface area (Å²) in [4.78, 5) is 13.7. The van der Waals surface area contributed by atoms with E-state index >= 15 is 0 Å². The van der Waals surface area contributed by atoms with E-state index in [9.17, 15) is 9.90 Å². The van der Waals surface area contributed by atoms with E-state index in [1.54, 1.807) is 16.0 Å². The first-order chi connectivity index (χ1) is 11.6. The molecule has 0 spiro atoms. The molecule has 6 nitrogen and oxygen atoms in total. The topological polar surface area (TPSA) is 76.4 Å². The maximum atomic E-state index is 12.6. The molecule has 0 saturated carbocycles. The van der Waals surface area contributed by atoms with Gasteiger partial charge in [0.25, 0.3) is 0 Å². The van der Waals surface area contributed by atoms with E-state index in [0.29, 0.717) is 12.4 Å². The lowest BCUT2D eigenvalue weighted by Crippen LogP contribution is -2.36. The standard InChI is InChI=1S/C17H23N3O3S/c1-11-8-13(9-12(2)23-11)17(22)18-16-10-14(15-4-3-7-24-15)19-20(16)5-6-21/h3-4,7,10-13,21H,5-6,8-9H2,1-2H3,(H,18,22). The largest absolute Gasteiger partial charge is 0.394 e. The van der Waals surface area contributed by atoms with Gasteiger partial charge in [0.1, 0.15) is 11.5 Å². The van der Waals surface area contributed by atoms with E-state index in [2.05, 4.69) is 10.4 Å². The molecule has 1 aliphatic heterocycles. The molecule has 3 rings (SSSR count). The molecule has 130 valence electrons. The van der Waals surface area contributed by atoms with Crippen molar-refractivity contribution >= 4 is 23.1 Å². The number of amides is 1. The lowest BCUT2D eigenvalue weighted by Gasteiger charge is -2.31. The summed E-state index contributed by atoms with van der Waals surface area (Å²) in [5.41, 5.74) is 0.808. The lowest BCUT2D eigenvalue weighted by atomic mass is 9.92. The van der Waals surface area contributed by atoms with Crippen LogP contribution in [0.1, 0.15) is 26.7 Å². The van der Waals surface area contributed by atoms with Gasteiger partial charge in [-0.25, -0.2) is 4.68 Å². The molecule has 0 aliphatic carbocycles. The van der Waals surface area contributed by atoms with Gasteiger partial charge in [0.2, 0.25) is 5.91 Å². The summed E-state index contributed by atoms with van der Waals surface area (Å²) in [6.45, 7) is 4.32. The van der Waals surface area contributed by atoms with Gasteiger partial charge in [-0.15, -0.1) is 11.3 Å². The molecule has 0 bridgehead atoms. The van der Waals surface area contributed by atoms with Crippen molar-refractivity contribution in [1.82, 2.24) is 9.78 Å². The molecular formula is C17H23N3O3S. The van der Waals surface area contributed by atoms with Gasteiger partial charge in [-0.2, -0.15) is 5.10 Å². The van der Waals surface area contributed by atoms with E-state index in [0.717, 1.165) is 23.4 Å². The Balaban J connectivity index is 1.77. The van der Waals surface area contributed by atoms with Crippen LogP contribution in [0.15, 0.2) is 23.6 Å². The zero-order valence-corrected chi connectivity index (χ0v) is 14.8. The van der Waals surface area contributed by atoms with Crippen molar-refractivity contribution in [3.8, 4) is 10.6 Å². The molecule has 3 heterocycles. The van der Waals surface area contributed by atoms with Gasteiger partial charge in [-0.3, -0.25) is 4.79 Å². The number of nitrogens with zero attached hydrogens (tertiary/aromatic N) is 2. The highest BCUT2D eigenvalue weighted by Crippen LogP contribution is 2.28. The quantitative estimate of drug-likeness (QED) is 0.870. The predicted octanol–water partition coefficient (Wildman–Crippen LogP) is 2.75. The van der Waals surface area contributed by atoms with E-state index in [1.165, 1.54) is 0 Å². The lowest BCUT2D eigenvalue weighted by molar-refractivity contribution is -0.128. The number of carbonyl (C=O) groups excluding carboxylic acids is 1. The van der Waals surface area contributed by atoms with Gasteiger partial charge in [-0.1, -0.05) is 6.07 Å². The molecular weight excluding hydrogens is 326 g/mol. The highest BCUT2D eigenvalue weighted by molar-refractivity contribution is 7.13. The second kappa shape index (κ2) is 7.46. The van der Waals surface area contributed by atoms with Crippen LogP contribution < -0.4 is 5.32 Å². The molecule has 0 aromatic carbocycles. The summed E-state index contributed by atoms with van der Waals surface area (Å²) in [7, 11) is 0.